The van der Waals surface area contributed by atoms with Crippen LogP contribution in [0.4, 0.5) is 10.2 Å². The zero-order valence-electron chi connectivity index (χ0n) is 9.83. The normalized spacial score (nSPS) is 10.5. The van der Waals surface area contributed by atoms with E-state index in [-0.39, 0.29) is 5.82 Å². The van der Waals surface area contributed by atoms with Gasteiger partial charge < -0.3 is 5.32 Å². The van der Waals surface area contributed by atoms with Crippen LogP contribution >= 0.6 is 11.3 Å². The van der Waals surface area contributed by atoms with Crippen LogP contribution in [0.5, 0.6) is 0 Å². The van der Waals surface area contributed by atoms with E-state index in [0.29, 0.717) is 5.82 Å². The molecular formula is C12H14FN3S. The van der Waals surface area contributed by atoms with Gasteiger partial charge in [-0.1, -0.05) is 0 Å². The van der Waals surface area contributed by atoms with Crippen LogP contribution in [0.1, 0.15) is 15.6 Å². The Morgan fingerprint density at radius 3 is 2.76 bits per heavy atom. The summed E-state index contributed by atoms with van der Waals surface area (Å²) < 4.78 is 12.6. The highest BCUT2D eigenvalue weighted by atomic mass is 32.1. The molecule has 3 nitrogen and oxygen atoms in total. The lowest BCUT2D eigenvalue weighted by Gasteiger charge is -2.04. The van der Waals surface area contributed by atoms with Crippen LogP contribution in [0, 0.1) is 19.7 Å². The van der Waals surface area contributed by atoms with Gasteiger partial charge in [0.2, 0.25) is 0 Å². The highest BCUT2D eigenvalue weighted by Gasteiger charge is 2.04. The first-order chi connectivity index (χ1) is 8.15. The van der Waals surface area contributed by atoms with Gasteiger partial charge in [-0.15, -0.1) is 11.3 Å². The Kier molecular flexibility index (Phi) is 3.68. The van der Waals surface area contributed by atoms with E-state index in [0.717, 1.165) is 23.7 Å². The van der Waals surface area contributed by atoms with Crippen molar-refractivity contribution in [2.75, 3.05) is 11.9 Å². The molecule has 0 amide bonds. The summed E-state index contributed by atoms with van der Waals surface area (Å²) >= 11 is 1.72. The molecule has 0 aliphatic rings. The van der Waals surface area contributed by atoms with Crippen molar-refractivity contribution in [1.29, 1.82) is 0 Å². The monoisotopic (exact) mass is 251 g/mol. The van der Waals surface area contributed by atoms with Gasteiger partial charge >= 0.3 is 0 Å². The lowest BCUT2D eigenvalue weighted by Crippen LogP contribution is -2.06. The quantitative estimate of drug-likeness (QED) is 0.907. The van der Waals surface area contributed by atoms with E-state index in [1.165, 1.54) is 17.1 Å². The standard InChI is InChI=1S/C12H14FN3S/c1-8-11(17-9(2)16-8)5-6-14-12-4-3-10(13)7-15-12/h3-4,7H,5-6H2,1-2H3,(H,14,15). The third kappa shape index (κ3) is 3.23. The Morgan fingerprint density at radius 1 is 1.35 bits per heavy atom. The molecule has 0 bridgehead atoms. The minimum absolute atomic E-state index is 0.315. The molecule has 90 valence electrons. The number of hydrogen-bond donors (Lipinski definition) is 1. The topological polar surface area (TPSA) is 37.8 Å². The van der Waals surface area contributed by atoms with Gasteiger partial charge in [-0.2, -0.15) is 0 Å². The van der Waals surface area contributed by atoms with Crippen molar-refractivity contribution < 1.29 is 4.39 Å². The van der Waals surface area contributed by atoms with Crippen LogP contribution in [-0.4, -0.2) is 16.5 Å². The molecule has 0 radical (unpaired) electrons. The van der Waals surface area contributed by atoms with Gasteiger partial charge in [-0.25, -0.2) is 14.4 Å². The lowest BCUT2D eigenvalue weighted by atomic mass is 10.3. The molecule has 1 N–H and O–H groups in total. The molecule has 0 spiro atoms. The Balaban J connectivity index is 1.87. The average Bonchev–Trinajstić information content (AvgIpc) is 2.60. The van der Waals surface area contributed by atoms with Gasteiger partial charge in [0.05, 0.1) is 16.9 Å². The highest BCUT2D eigenvalue weighted by molar-refractivity contribution is 7.11. The number of aryl methyl sites for hydroxylation is 2. The van der Waals surface area contributed by atoms with Crippen molar-refractivity contribution in [2.45, 2.75) is 20.3 Å². The minimum Gasteiger partial charge on any atom is -0.370 e. The molecule has 0 aliphatic carbocycles. The van der Waals surface area contributed by atoms with Crippen LogP contribution in [0.15, 0.2) is 18.3 Å². The molecule has 2 rings (SSSR count). The number of pyridine rings is 1. The molecule has 0 saturated heterocycles. The fraction of sp³-hybridized carbons (Fsp3) is 0.333. The first-order valence-corrected chi connectivity index (χ1v) is 6.25. The Morgan fingerprint density at radius 2 is 2.18 bits per heavy atom. The molecule has 2 heterocycles. The number of anilines is 1. The van der Waals surface area contributed by atoms with Crippen molar-refractivity contribution in [3.63, 3.8) is 0 Å². The van der Waals surface area contributed by atoms with Gasteiger partial charge in [0, 0.05) is 17.8 Å². The molecule has 0 unspecified atom stereocenters. The van der Waals surface area contributed by atoms with Gasteiger partial charge in [-0.3, -0.25) is 0 Å². The number of thiazole rings is 1. The molecule has 0 saturated carbocycles. The molecule has 0 aromatic carbocycles. The van der Waals surface area contributed by atoms with Crippen molar-refractivity contribution in [1.82, 2.24) is 9.97 Å². The van der Waals surface area contributed by atoms with E-state index in [9.17, 15) is 4.39 Å². The number of hydrogen-bond acceptors (Lipinski definition) is 4. The van der Waals surface area contributed by atoms with E-state index in [1.807, 2.05) is 13.8 Å². The Labute approximate surface area is 104 Å². The summed E-state index contributed by atoms with van der Waals surface area (Å²) in [5.41, 5.74) is 1.10. The molecule has 2 aromatic rings. The van der Waals surface area contributed by atoms with Gasteiger partial charge in [0.1, 0.15) is 11.6 Å². The molecule has 0 aliphatic heterocycles. The fourth-order valence-electron chi connectivity index (χ4n) is 1.59. The van der Waals surface area contributed by atoms with Crippen LogP contribution in [0.2, 0.25) is 0 Å². The van der Waals surface area contributed by atoms with E-state index < -0.39 is 0 Å². The summed E-state index contributed by atoms with van der Waals surface area (Å²) in [5, 5.41) is 4.25. The first kappa shape index (κ1) is 12.0. The van der Waals surface area contributed by atoms with Crippen LogP contribution in [-0.2, 0) is 6.42 Å². The summed E-state index contributed by atoms with van der Waals surface area (Å²) in [4.78, 5) is 9.60. The summed E-state index contributed by atoms with van der Waals surface area (Å²) in [6, 6.07) is 3.04. The maximum absolute atomic E-state index is 12.6. The SMILES string of the molecule is Cc1nc(C)c(CCNc2ccc(F)cn2)s1. The number of rotatable bonds is 4. The molecule has 2 aromatic heterocycles. The molecule has 0 atom stereocenters. The fourth-order valence-corrected chi connectivity index (χ4v) is 2.53. The Hall–Kier alpha value is -1.49. The second-order valence-corrected chi connectivity index (χ2v) is 5.07. The van der Waals surface area contributed by atoms with Crippen molar-refractivity contribution in [2.24, 2.45) is 0 Å². The maximum Gasteiger partial charge on any atom is 0.141 e. The first-order valence-electron chi connectivity index (χ1n) is 5.43. The predicted molar refractivity (Wildman–Crippen MR) is 68.0 cm³/mol. The Bertz CT molecular complexity index is 493. The van der Waals surface area contributed by atoms with E-state index >= 15 is 0 Å². The van der Waals surface area contributed by atoms with E-state index in [1.54, 1.807) is 17.4 Å². The average molecular weight is 251 g/mol. The van der Waals surface area contributed by atoms with Gasteiger partial charge in [0.25, 0.3) is 0 Å². The van der Waals surface area contributed by atoms with Crippen LogP contribution in [0.3, 0.4) is 0 Å². The predicted octanol–water partition coefficient (Wildman–Crippen LogP) is 2.95. The number of nitrogens with one attached hydrogen (secondary N) is 1. The number of aromatic nitrogens is 2. The number of halogens is 1. The summed E-state index contributed by atoms with van der Waals surface area (Å²) in [7, 11) is 0. The molecular weight excluding hydrogens is 237 g/mol. The van der Waals surface area contributed by atoms with Crippen LogP contribution in [0.25, 0.3) is 0 Å². The van der Waals surface area contributed by atoms with Crippen molar-refractivity contribution >= 4 is 17.2 Å². The molecule has 17 heavy (non-hydrogen) atoms. The second-order valence-electron chi connectivity index (χ2n) is 3.78. The van der Waals surface area contributed by atoms with Gasteiger partial charge in [-0.05, 0) is 26.0 Å². The highest BCUT2D eigenvalue weighted by Crippen LogP contribution is 2.17. The van der Waals surface area contributed by atoms with E-state index in [2.05, 4.69) is 15.3 Å². The molecule has 5 heteroatoms. The van der Waals surface area contributed by atoms with Gasteiger partial charge in [0.15, 0.2) is 0 Å². The lowest BCUT2D eigenvalue weighted by molar-refractivity contribution is 0.621. The number of nitrogens with zero attached hydrogens (tertiary/aromatic N) is 2. The zero-order valence-corrected chi connectivity index (χ0v) is 10.6. The minimum atomic E-state index is -0.315. The second kappa shape index (κ2) is 5.23. The van der Waals surface area contributed by atoms with Crippen molar-refractivity contribution in [3.8, 4) is 0 Å². The van der Waals surface area contributed by atoms with E-state index in [4.69, 9.17) is 0 Å². The van der Waals surface area contributed by atoms with Crippen molar-refractivity contribution in [3.05, 3.63) is 39.7 Å². The molecule has 0 fully saturated rings. The third-order valence-electron chi connectivity index (χ3n) is 2.39. The van der Waals surface area contributed by atoms with Crippen LogP contribution < -0.4 is 5.32 Å². The summed E-state index contributed by atoms with van der Waals surface area (Å²) in [5.74, 6) is 0.384. The third-order valence-corrected chi connectivity index (χ3v) is 3.52. The smallest absolute Gasteiger partial charge is 0.141 e. The largest absolute Gasteiger partial charge is 0.370 e. The summed E-state index contributed by atoms with van der Waals surface area (Å²) in [6.07, 6.45) is 2.13. The summed E-state index contributed by atoms with van der Waals surface area (Å²) in [6.45, 7) is 4.81. The maximum atomic E-state index is 12.6. The zero-order chi connectivity index (χ0) is 12.3.